The summed E-state index contributed by atoms with van der Waals surface area (Å²) < 4.78 is 26.8. The quantitative estimate of drug-likeness (QED) is 0.557. The molecule has 0 radical (unpaired) electrons. The molecule has 24 heavy (non-hydrogen) atoms. The summed E-state index contributed by atoms with van der Waals surface area (Å²) in [5.74, 6) is 0. The number of hydrogen-bond donors (Lipinski definition) is 0. The maximum absolute atomic E-state index is 12.7. The van der Waals surface area contributed by atoms with E-state index in [1.807, 2.05) is 19.2 Å². The summed E-state index contributed by atoms with van der Waals surface area (Å²) in [5, 5.41) is 0.349. The van der Waals surface area contributed by atoms with E-state index in [1.165, 1.54) is 11.4 Å². The first kappa shape index (κ1) is 19.0. The lowest BCUT2D eigenvalue weighted by atomic mass is 10.2. The molecule has 1 aromatic carbocycles. The maximum atomic E-state index is 12.7. The van der Waals surface area contributed by atoms with Crippen LogP contribution in [-0.4, -0.2) is 37.6 Å². The number of likely N-dealkylation sites (N-methyl/N-ethyl adjacent to an activating group) is 1. The number of sulfonamides is 1. The second-order valence-electron chi connectivity index (χ2n) is 5.34. The van der Waals surface area contributed by atoms with Gasteiger partial charge < -0.3 is 0 Å². The van der Waals surface area contributed by atoms with Crippen LogP contribution in [0.1, 0.15) is 11.3 Å². The van der Waals surface area contributed by atoms with Crippen molar-refractivity contribution in [1.29, 1.82) is 0 Å². The molecule has 0 aliphatic carbocycles. The Kier molecular flexibility index (Phi) is 6.09. The fourth-order valence-electron chi connectivity index (χ4n) is 2.23. The van der Waals surface area contributed by atoms with Gasteiger partial charge >= 0.3 is 0 Å². The molecule has 4 nitrogen and oxygen atoms in total. The fourth-order valence-corrected chi connectivity index (χ4v) is 4.23. The molecule has 2 rings (SSSR count). The number of benzene rings is 1. The van der Waals surface area contributed by atoms with Crippen LogP contribution >= 0.6 is 23.4 Å². The average molecular weight is 383 g/mol. The van der Waals surface area contributed by atoms with Crippen LogP contribution in [0.25, 0.3) is 5.57 Å². The Labute approximate surface area is 152 Å². The molecule has 0 bridgehead atoms. The SMILES string of the molecule is C=C(CN(C)S(=O)(=O)c1ccc(SC)c(C)c1)c1cccc(Cl)n1. The molecule has 0 amide bonds. The zero-order chi connectivity index (χ0) is 17.9. The number of aryl methyl sites for hydroxylation is 1. The molecule has 0 atom stereocenters. The van der Waals surface area contributed by atoms with Crippen molar-refractivity contribution in [3.05, 3.63) is 59.4 Å². The van der Waals surface area contributed by atoms with E-state index in [9.17, 15) is 8.42 Å². The number of aromatic nitrogens is 1. The van der Waals surface area contributed by atoms with Crippen molar-refractivity contribution in [2.75, 3.05) is 19.8 Å². The minimum Gasteiger partial charge on any atom is -0.236 e. The van der Waals surface area contributed by atoms with Crippen LogP contribution in [0.15, 0.2) is 52.8 Å². The predicted molar refractivity (Wildman–Crippen MR) is 101 cm³/mol. The molecule has 0 spiro atoms. The molecular weight excluding hydrogens is 364 g/mol. The molecular formula is C17H19ClN2O2S2. The van der Waals surface area contributed by atoms with Gasteiger partial charge in [0.05, 0.1) is 10.6 Å². The van der Waals surface area contributed by atoms with Gasteiger partial charge in [-0.2, -0.15) is 4.31 Å². The summed E-state index contributed by atoms with van der Waals surface area (Å²) in [5.41, 5.74) is 2.10. The first-order valence-corrected chi connectivity index (χ1v) is 10.2. The topological polar surface area (TPSA) is 50.3 Å². The molecule has 0 saturated heterocycles. The number of nitrogens with zero attached hydrogens (tertiary/aromatic N) is 2. The van der Waals surface area contributed by atoms with Crippen molar-refractivity contribution in [2.45, 2.75) is 16.7 Å². The van der Waals surface area contributed by atoms with Gasteiger partial charge in [-0.25, -0.2) is 13.4 Å². The minimum atomic E-state index is -3.60. The van der Waals surface area contributed by atoms with Crippen molar-refractivity contribution < 1.29 is 8.42 Å². The molecule has 0 unspecified atom stereocenters. The van der Waals surface area contributed by atoms with Crippen molar-refractivity contribution in [2.24, 2.45) is 0 Å². The van der Waals surface area contributed by atoms with Gasteiger partial charge in [-0.05, 0) is 54.6 Å². The van der Waals surface area contributed by atoms with Gasteiger partial charge in [0.2, 0.25) is 10.0 Å². The van der Waals surface area contributed by atoms with E-state index in [0.717, 1.165) is 10.5 Å². The highest BCUT2D eigenvalue weighted by Gasteiger charge is 2.22. The van der Waals surface area contributed by atoms with Crippen LogP contribution in [0.2, 0.25) is 5.15 Å². The van der Waals surface area contributed by atoms with E-state index in [-0.39, 0.29) is 11.4 Å². The van der Waals surface area contributed by atoms with Crippen LogP contribution in [0.5, 0.6) is 0 Å². The number of rotatable bonds is 6. The van der Waals surface area contributed by atoms with Crippen molar-refractivity contribution in [3.8, 4) is 0 Å². The molecule has 0 N–H and O–H groups in total. The van der Waals surface area contributed by atoms with E-state index in [0.29, 0.717) is 16.4 Å². The Morgan fingerprint density at radius 2 is 2.04 bits per heavy atom. The van der Waals surface area contributed by atoms with Gasteiger partial charge in [0.15, 0.2) is 0 Å². The molecule has 1 heterocycles. The highest BCUT2D eigenvalue weighted by molar-refractivity contribution is 7.98. The van der Waals surface area contributed by atoms with Gasteiger partial charge in [0.1, 0.15) is 5.15 Å². The van der Waals surface area contributed by atoms with Crippen molar-refractivity contribution >= 4 is 39.0 Å². The monoisotopic (exact) mass is 382 g/mol. The van der Waals surface area contributed by atoms with E-state index >= 15 is 0 Å². The Morgan fingerprint density at radius 1 is 1.33 bits per heavy atom. The van der Waals surface area contributed by atoms with Gasteiger partial charge in [-0.15, -0.1) is 11.8 Å². The van der Waals surface area contributed by atoms with E-state index in [1.54, 1.807) is 42.1 Å². The molecule has 1 aromatic heterocycles. The summed E-state index contributed by atoms with van der Waals surface area (Å²) in [6.07, 6.45) is 1.96. The Morgan fingerprint density at radius 3 is 2.62 bits per heavy atom. The second-order valence-corrected chi connectivity index (χ2v) is 8.62. The van der Waals surface area contributed by atoms with Gasteiger partial charge in [0, 0.05) is 18.5 Å². The molecule has 0 fully saturated rings. The first-order valence-electron chi connectivity index (χ1n) is 7.17. The number of halogens is 1. The van der Waals surface area contributed by atoms with Gasteiger partial charge in [-0.1, -0.05) is 24.2 Å². The maximum Gasteiger partial charge on any atom is 0.243 e. The second kappa shape index (κ2) is 7.70. The summed E-state index contributed by atoms with van der Waals surface area (Å²) in [6.45, 7) is 5.97. The smallest absolute Gasteiger partial charge is 0.236 e. The zero-order valence-corrected chi connectivity index (χ0v) is 16.2. The van der Waals surface area contributed by atoms with Crippen LogP contribution in [0.3, 0.4) is 0 Å². The van der Waals surface area contributed by atoms with Crippen LogP contribution < -0.4 is 0 Å². The summed E-state index contributed by atoms with van der Waals surface area (Å²) in [7, 11) is -2.07. The van der Waals surface area contributed by atoms with Gasteiger partial charge in [0.25, 0.3) is 0 Å². The number of thioether (sulfide) groups is 1. The Balaban J connectivity index is 2.23. The predicted octanol–water partition coefficient (Wildman–Crippen LogP) is 4.10. The third kappa shape index (κ3) is 4.19. The van der Waals surface area contributed by atoms with Gasteiger partial charge in [-0.3, -0.25) is 0 Å². The number of pyridine rings is 1. The molecule has 7 heteroatoms. The molecule has 2 aromatic rings. The highest BCUT2D eigenvalue weighted by Crippen LogP contribution is 2.25. The standard InChI is InChI=1S/C17H19ClN2O2S2/c1-12-10-14(8-9-16(12)23-4)24(21,22)20(3)11-13(2)15-6-5-7-17(18)19-15/h5-10H,2,11H2,1,3-4H3. The van der Waals surface area contributed by atoms with Crippen molar-refractivity contribution in [1.82, 2.24) is 9.29 Å². The lowest BCUT2D eigenvalue weighted by molar-refractivity contribution is 0.502. The average Bonchev–Trinajstić information content (AvgIpc) is 2.54. The minimum absolute atomic E-state index is 0.138. The van der Waals surface area contributed by atoms with Crippen LogP contribution in [0.4, 0.5) is 0 Å². The summed E-state index contributed by atoms with van der Waals surface area (Å²) >= 11 is 7.46. The van der Waals surface area contributed by atoms with E-state index in [2.05, 4.69) is 11.6 Å². The normalized spacial score (nSPS) is 11.7. The number of hydrogen-bond acceptors (Lipinski definition) is 4. The fraction of sp³-hybridized carbons (Fsp3) is 0.235. The van der Waals surface area contributed by atoms with E-state index < -0.39 is 10.0 Å². The Hall–Kier alpha value is -1.34. The summed E-state index contributed by atoms with van der Waals surface area (Å²) in [4.78, 5) is 5.49. The summed E-state index contributed by atoms with van der Waals surface area (Å²) in [6, 6.07) is 10.3. The zero-order valence-electron chi connectivity index (χ0n) is 13.8. The largest absolute Gasteiger partial charge is 0.243 e. The van der Waals surface area contributed by atoms with Crippen LogP contribution in [-0.2, 0) is 10.0 Å². The highest BCUT2D eigenvalue weighted by atomic mass is 35.5. The molecule has 0 aliphatic heterocycles. The lowest BCUT2D eigenvalue weighted by Gasteiger charge is -2.19. The van der Waals surface area contributed by atoms with E-state index in [4.69, 9.17) is 11.6 Å². The molecule has 128 valence electrons. The van der Waals surface area contributed by atoms with Crippen LogP contribution in [0, 0.1) is 6.92 Å². The Bertz CT molecular complexity index is 867. The lowest BCUT2D eigenvalue weighted by Crippen LogP contribution is -2.28. The third-order valence-electron chi connectivity index (χ3n) is 3.57. The first-order chi connectivity index (χ1) is 11.3. The third-order valence-corrected chi connectivity index (χ3v) is 6.47. The van der Waals surface area contributed by atoms with Crippen molar-refractivity contribution in [3.63, 3.8) is 0 Å². The molecule has 0 aliphatic rings. The molecule has 0 saturated carbocycles.